The van der Waals surface area contributed by atoms with Crippen molar-refractivity contribution in [2.24, 2.45) is 5.41 Å². The minimum absolute atomic E-state index is 0.195. The Morgan fingerprint density at radius 3 is 2.31 bits per heavy atom. The van der Waals surface area contributed by atoms with Gasteiger partial charge in [-0.05, 0) is 19.3 Å². The molecule has 0 saturated carbocycles. The zero-order valence-corrected chi connectivity index (χ0v) is 11.8. The lowest BCUT2D eigenvalue weighted by molar-refractivity contribution is 0.184. The van der Waals surface area contributed by atoms with Crippen LogP contribution in [0.25, 0.3) is 0 Å². The van der Waals surface area contributed by atoms with Crippen LogP contribution in [0.5, 0.6) is 0 Å². The van der Waals surface area contributed by atoms with Gasteiger partial charge in [-0.2, -0.15) is 4.31 Å². The molecule has 0 aliphatic carbocycles. The summed E-state index contributed by atoms with van der Waals surface area (Å²) in [5.41, 5.74) is -0.512. The van der Waals surface area contributed by atoms with E-state index in [-0.39, 0.29) is 16.7 Å². The van der Waals surface area contributed by atoms with Gasteiger partial charge in [-0.15, -0.1) is 0 Å². The normalized spacial score (nSPS) is 23.3. The maximum Gasteiger partial charge on any atom is 0.215 e. The van der Waals surface area contributed by atoms with Crippen LogP contribution in [0.3, 0.4) is 0 Å². The van der Waals surface area contributed by atoms with Gasteiger partial charge in [-0.25, -0.2) is 8.42 Å². The van der Waals surface area contributed by atoms with E-state index in [9.17, 15) is 8.42 Å². The summed E-state index contributed by atoms with van der Waals surface area (Å²) in [6, 6.07) is 0. The van der Waals surface area contributed by atoms with Gasteiger partial charge in [0, 0.05) is 25.2 Å². The van der Waals surface area contributed by atoms with Gasteiger partial charge < -0.3 is 5.32 Å². The van der Waals surface area contributed by atoms with Gasteiger partial charge in [0.25, 0.3) is 0 Å². The number of piperazine rings is 1. The van der Waals surface area contributed by atoms with Crippen molar-refractivity contribution in [2.45, 2.75) is 40.2 Å². The first-order chi connectivity index (χ1) is 7.05. The second kappa shape index (κ2) is 4.27. The molecule has 0 atom stereocenters. The molecule has 0 aromatic rings. The van der Waals surface area contributed by atoms with Crippen molar-refractivity contribution in [3.63, 3.8) is 0 Å². The lowest BCUT2D eigenvalue weighted by atomic mass is 10.0. The topological polar surface area (TPSA) is 49.4 Å². The first-order valence-electron chi connectivity index (χ1n) is 5.76. The van der Waals surface area contributed by atoms with Gasteiger partial charge in [0.15, 0.2) is 0 Å². The summed E-state index contributed by atoms with van der Waals surface area (Å²) in [6.45, 7) is 11.9. The number of hydrogen-bond donors (Lipinski definition) is 1. The summed E-state index contributed by atoms with van der Waals surface area (Å²) in [5.74, 6) is 0.212. The highest BCUT2D eigenvalue weighted by atomic mass is 32.2. The van der Waals surface area contributed by atoms with E-state index in [1.807, 2.05) is 34.6 Å². The minimum atomic E-state index is -3.16. The maximum absolute atomic E-state index is 12.3. The Labute approximate surface area is 99.5 Å². The fourth-order valence-electron chi connectivity index (χ4n) is 2.11. The molecule has 1 aliphatic rings. The third-order valence-corrected chi connectivity index (χ3v) is 5.25. The van der Waals surface area contributed by atoms with Crippen molar-refractivity contribution in [3.8, 4) is 0 Å². The van der Waals surface area contributed by atoms with Crippen LogP contribution in [0, 0.1) is 5.41 Å². The Bertz CT molecular complexity index is 341. The maximum atomic E-state index is 12.3. The Kier molecular flexibility index (Phi) is 3.72. The summed E-state index contributed by atoms with van der Waals surface area (Å²) >= 11 is 0. The molecule has 1 saturated heterocycles. The summed E-state index contributed by atoms with van der Waals surface area (Å²) < 4.78 is 26.3. The van der Waals surface area contributed by atoms with E-state index >= 15 is 0 Å². The third-order valence-electron chi connectivity index (χ3n) is 2.68. The third kappa shape index (κ3) is 3.43. The highest BCUT2D eigenvalue weighted by molar-refractivity contribution is 7.89. The predicted molar refractivity (Wildman–Crippen MR) is 66.9 cm³/mol. The molecular formula is C11H24N2O2S. The van der Waals surface area contributed by atoms with Gasteiger partial charge >= 0.3 is 0 Å². The molecule has 0 radical (unpaired) electrons. The number of hydrogen-bond acceptors (Lipinski definition) is 3. The lowest BCUT2D eigenvalue weighted by Crippen LogP contribution is -2.60. The molecule has 4 nitrogen and oxygen atoms in total. The van der Waals surface area contributed by atoms with E-state index in [4.69, 9.17) is 0 Å². The van der Waals surface area contributed by atoms with Gasteiger partial charge in [0.1, 0.15) is 0 Å². The van der Waals surface area contributed by atoms with Gasteiger partial charge in [0.05, 0.1) is 5.75 Å². The molecule has 1 fully saturated rings. The predicted octanol–water partition coefficient (Wildman–Crippen LogP) is 1.05. The molecule has 96 valence electrons. The van der Waals surface area contributed by atoms with Crippen molar-refractivity contribution in [3.05, 3.63) is 0 Å². The quantitative estimate of drug-likeness (QED) is 0.794. The zero-order chi connectivity index (χ0) is 12.6. The molecule has 1 N–H and O–H groups in total. The Hall–Kier alpha value is -0.130. The van der Waals surface area contributed by atoms with Crippen molar-refractivity contribution >= 4 is 10.0 Å². The first-order valence-corrected chi connectivity index (χ1v) is 7.37. The molecule has 0 amide bonds. The Morgan fingerprint density at radius 1 is 1.31 bits per heavy atom. The average Bonchev–Trinajstić information content (AvgIpc) is 1.97. The molecule has 0 unspecified atom stereocenters. The van der Waals surface area contributed by atoms with Crippen LogP contribution >= 0.6 is 0 Å². The van der Waals surface area contributed by atoms with E-state index in [1.54, 1.807) is 4.31 Å². The Morgan fingerprint density at radius 2 is 1.88 bits per heavy atom. The molecule has 1 aliphatic heterocycles. The Balaban J connectivity index is 2.90. The summed E-state index contributed by atoms with van der Waals surface area (Å²) in [4.78, 5) is 0. The average molecular weight is 248 g/mol. The first kappa shape index (κ1) is 13.9. The number of sulfonamides is 1. The standard InChI is InChI=1S/C11H24N2O2S/c1-10(2,3)9-16(14,15)13-7-6-12-8-11(13,4)5/h12H,6-9H2,1-5H3. The molecule has 0 aromatic heterocycles. The largest absolute Gasteiger partial charge is 0.314 e. The van der Waals surface area contributed by atoms with Gasteiger partial charge in [-0.1, -0.05) is 20.8 Å². The zero-order valence-electron chi connectivity index (χ0n) is 11.0. The van der Waals surface area contributed by atoms with E-state index < -0.39 is 10.0 Å². The SMILES string of the molecule is CC(C)(C)CS(=O)(=O)N1CCNCC1(C)C. The van der Waals surface area contributed by atoms with E-state index in [1.165, 1.54) is 0 Å². The number of rotatable bonds is 2. The fraction of sp³-hybridized carbons (Fsp3) is 1.00. The molecule has 16 heavy (non-hydrogen) atoms. The van der Waals surface area contributed by atoms with Crippen LogP contribution in [-0.4, -0.2) is 43.6 Å². The van der Waals surface area contributed by atoms with Gasteiger partial charge in [0.2, 0.25) is 10.0 Å². The van der Waals surface area contributed by atoms with Crippen molar-refractivity contribution in [1.29, 1.82) is 0 Å². The molecule has 5 heteroatoms. The van der Waals surface area contributed by atoms with Crippen molar-refractivity contribution in [2.75, 3.05) is 25.4 Å². The van der Waals surface area contributed by atoms with Crippen molar-refractivity contribution < 1.29 is 8.42 Å². The summed E-state index contributed by atoms with van der Waals surface area (Å²) in [6.07, 6.45) is 0. The highest BCUT2D eigenvalue weighted by Gasteiger charge is 2.39. The van der Waals surface area contributed by atoms with Crippen molar-refractivity contribution in [1.82, 2.24) is 9.62 Å². The van der Waals surface area contributed by atoms with E-state index in [2.05, 4.69) is 5.32 Å². The smallest absolute Gasteiger partial charge is 0.215 e. The number of nitrogens with one attached hydrogen (secondary N) is 1. The van der Waals surface area contributed by atoms with Crippen LogP contribution in [0.15, 0.2) is 0 Å². The van der Waals surface area contributed by atoms with Gasteiger partial charge in [-0.3, -0.25) is 0 Å². The second-order valence-electron chi connectivity index (χ2n) is 6.38. The molecule has 0 bridgehead atoms. The lowest BCUT2D eigenvalue weighted by Gasteiger charge is -2.42. The fourth-order valence-corrected chi connectivity index (χ4v) is 4.54. The van der Waals surface area contributed by atoms with E-state index in [0.29, 0.717) is 6.54 Å². The van der Waals surface area contributed by atoms with E-state index in [0.717, 1.165) is 13.1 Å². The van der Waals surface area contributed by atoms with Crippen LogP contribution < -0.4 is 5.32 Å². The number of nitrogens with zero attached hydrogens (tertiary/aromatic N) is 1. The molecule has 0 aromatic carbocycles. The monoisotopic (exact) mass is 248 g/mol. The molecule has 0 spiro atoms. The van der Waals surface area contributed by atoms with Crippen LogP contribution in [0.4, 0.5) is 0 Å². The highest BCUT2D eigenvalue weighted by Crippen LogP contribution is 2.25. The van der Waals surface area contributed by atoms with Crippen LogP contribution in [-0.2, 0) is 10.0 Å². The molecular weight excluding hydrogens is 224 g/mol. The second-order valence-corrected chi connectivity index (χ2v) is 8.27. The summed E-state index contributed by atoms with van der Waals surface area (Å²) in [5, 5.41) is 3.23. The molecule has 1 rings (SSSR count). The summed E-state index contributed by atoms with van der Waals surface area (Å²) in [7, 11) is -3.16. The minimum Gasteiger partial charge on any atom is -0.314 e. The van der Waals surface area contributed by atoms with Crippen LogP contribution in [0.1, 0.15) is 34.6 Å². The van der Waals surface area contributed by atoms with Crippen LogP contribution in [0.2, 0.25) is 0 Å². The molecule has 1 heterocycles.